The molecule has 0 bridgehead atoms. The molecule has 10 nitrogen and oxygen atoms in total. The van der Waals surface area contributed by atoms with Gasteiger partial charge in [0.15, 0.2) is 17.3 Å². The van der Waals surface area contributed by atoms with E-state index in [0.29, 0.717) is 19.0 Å². The van der Waals surface area contributed by atoms with Crippen LogP contribution in [-0.4, -0.2) is 52.2 Å². The summed E-state index contributed by atoms with van der Waals surface area (Å²) < 4.78 is 44.9. The smallest absolute Gasteiger partial charge is 0.341 e. The highest BCUT2D eigenvalue weighted by Gasteiger charge is 2.26. The molecule has 4 rings (SSSR count). The van der Waals surface area contributed by atoms with Gasteiger partial charge in [-0.25, -0.2) is 22.9 Å². The van der Waals surface area contributed by atoms with Gasteiger partial charge in [-0.1, -0.05) is 0 Å². The van der Waals surface area contributed by atoms with Crippen LogP contribution in [0.4, 0.5) is 24.7 Å². The molecule has 13 heteroatoms. The van der Waals surface area contributed by atoms with Gasteiger partial charge >= 0.3 is 5.97 Å². The average Bonchev–Trinajstić information content (AvgIpc) is 3.21. The van der Waals surface area contributed by atoms with E-state index in [1.54, 1.807) is 4.90 Å². The topological polar surface area (TPSA) is 157 Å². The molecule has 1 aromatic carbocycles. The van der Waals surface area contributed by atoms with Gasteiger partial charge < -0.3 is 26.8 Å². The van der Waals surface area contributed by atoms with E-state index in [1.165, 1.54) is 0 Å². The van der Waals surface area contributed by atoms with Crippen molar-refractivity contribution in [2.45, 2.75) is 12.5 Å². The number of hydrogen-bond donors (Lipinski definition) is 4. The van der Waals surface area contributed by atoms with Gasteiger partial charge in [0.05, 0.1) is 23.3 Å². The number of amides is 1. The third kappa shape index (κ3) is 4.06. The van der Waals surface area contributed by atoms with Gasteiger partial charge in [-0.2, -0.15) is 0 Å². The van der Waals surface area contributed by atoms with Crippen molar-refractivity contribution in [2.75, 3.05) is 29.9 Å². The number of carboxylic acids is 1. The molecule has 1 aliphatic heterocycles. The zero-order valence-corrected chi connectivity index (χ0v) is 17.5. The van der Waals surface area contributed by atoms with Crippen LogP contribution in [0.25, 0.3) is 16.7 Å². The van der Waals surface area contributed by atoms with Gasteiger partial charge in [-0.3, -0.25) is 14.2 Å². The van der Waals surface area contributed by atoms with Crippen LogP contribution < -0.4 is 27.1 Å². The Labute approximate surface area is 189 Å². The number of aromatic carboxylic acids is 1. The first-order valence-corrected chi connectivity index (χ1v) is 10.1. The third-order valence-corrected chi connectivity index (χ3v) is 5.42. The molecule has 0 unspecified atom stereocenters. The summed E-state index contributed by atoms with van der Waals surface area (Å²) in [7, 11) is 0. The molecule has 1 atom stereocenters. The number of benzene rings is 1. The van der Waals surface area contributed by atoms with E-state index in [0.717, 1.165) is 22.9 Å². The molecular weight excluding hydrogens is 457 g/mol. The van der Waals surface area contributed by atoms with Gasteiger partial charge in [-0.15, -0.1) is 0 Å². The second kappa shape index (κ2) is 8.76. The second-order valence-corrected chi connectivity index (χ2v) is 7.74. The van der Waals surface area contributed by atoms with Crippen LogP contribution in [0.5, 0.6) is 0 Å². The third-order valence-electron chi connectivity index (χ3n) is 5.42. The number of halogens is 3. The Hall–Kier alpha value is -3.97. The zero-order valence-electron chi connectivity index (χ0n) is 17.5. The van der Waals surface area contributed by atoms with Crippen LogP contribution >= 0.6 is 0 Å². The number of hydrogen-bond acceptors (Lipinski definition) is 7. The maximum Gasteiger partial charge on any atom is 0.341 e. The Morgan fingerprint density at radius 2 is 1.91 bits per heavy atom. The van der Waals surface area contributed by atoms with E-state index in [4.69, 9.17) is 11.5 Å². The largest absolute Gasteiger partial charge is 0.477 e. The molecule has 0 aliphatic carbocycles. The molecule has 1 saturated heterocycles. The van der Waals surface area contributed by atoms with Crippen molar-refractivity contribution >= 4 is 34.4 Å². The lowest BCUT2D eigenvalue weighted by atomic mass is 10.1. The predicted molar refractivity (Wildman–Crippen MR) is 117 cm³/mol. The fraction of sp³-hybridized carbons (Fsp3) is 0.238. The van der Waals surface area contributed by atoms with Crippen molar-refractivity contribution in [1.82, 2.24) is 9.55 Å². The van der Waals surface area contributed by atoms with Crippen LogP contribution in [0.3, 0.4) is 0 Å². The number of pyridine rings is 2. The molecule has 1 amide bonds. The maximum absolute atomic E-state index is 14.9. The number of rotatable bonds is 5. The standard InChI is InChI=1S/C21H19F3N6O4/c22-12-4-13(23)16(5-15(12)27-17(31)6-25)30-8-11(21(33)34)18(32)10-3-14(24)20(28-19(10)30)29-2-1-9(26)7-29/h3-5,8-9H,1-2,6-7,25-26H2,(H,27,31)(H,33,34)/t9-/m0/s1. The van der Waals surface area contributed by atoms with Crippen LogP contribution in [0.15, 0.2) is 29.2 Å². The van der Waals surface area contributed by atoms with Crippen molar-refractivity contribution in [3.05, 3.63) is 57.6 Å². The summed E-state index contributed by atoms with van der Waals surface area (Å²) in [5.41, 5.74) is 8.13. The number of carbonyl (C=O) groups is 2. The van der Waals surface area contributed by atoms with E-state index in [9.17, 15) is 32.7 Å². The van der Waals surface area contributed by atoms with Gasteiger partial charge in [0, 0.05) is 31.4 Å². The summed E-state index contributed by atoms with van der Waals surface area (Å²) in [6.07, 6.45) is 1.38. The van der Waals surface area contributed by atoms with Crippen LogP contribution in [-0.2, 0) is 4.79 Å². The summed E-state index contributed by atoms with van der Waals surface area (Å²) in [4.78, 5) is 41.8. The molecule has 3 heterocycles. The number of nitrogens with two attached hydrogens (primary N) is 2. The van der Waals surface area contributed by atoms with Gasteiger partial charge in [-0.05, 0) is 18.6 Å². The minimum Gasteiger partial charge on any atom is -0.477 e. The highest BCUT2D eigenvalue weighted by atomic mass is 19.1. The molecule has 0 radical (unpaired) electrons. The quantitative estimate of drug-likeness (QED) is 0.424. The maximum atomic E-state index is 14.9. The molecule has 0 saturated carbocycles. The molecular formula is C21H19F3N6O4. The number of fused-ring (bicyclic) bond motifs is 1. The SMILES string of the molecule is NCC(=O)Nc1cc(-n2cc(C(=O)O)c(=O)c3cc(F)c(N4CC[C@H](N)C4)nc32)c(F)cc1F. The average molecular weight is 476 g/mol. The molecule has 6 N–H and O–H groups in total. The molecule has 2 aromatic heterocycles. The summed E-state index contributed by atoms with van der Waals surface area (Å²) in [6.45, 7) is 0.194. The van der Waals surface area contributed by atoms with E-state index in [-0.39, 0.29) is 24.1 Å². The summed E-state index contributed by atoms with van der Waals surface area (Å²) in [6, 6.07) is 1.96. The first-order chi connectivity index (χ1) is 16.1. The number of carboxylic acid groups (broad SMARTS) is 1. The molecule has 0 spiro atoms. The van der Waals surface area contributed by atoms with Crippen molar-refractivity contribution < 1.29 is 27.9 Å². The van der Waals surface area contributed by atoms with Crippen molar-refractivity contribution in [3.8, 4) is 5.69 Å². The van der Waals surface area contributed by atoms with Gasteiger partial charge in [0.2, 0.25) is 11.3 Å². The molecule has 1 aliphatic rings. The molecule has 34 heavy (non-hydrogen) atoms. The minimum absolute atomic E-state index is 0.157. The van der Waals surface area contributed by atoms with Crippen molar-refractivity contribution in [3.63, 3.8) is 0 Å². The molecule has 3 aromatic rings. The van der Waals surface area contributed by atoms with Gasteiger partial charge in [0.1, 0.15) is 17.2 Å². The van der Waals surface area contributed by atoms with E-state index in [1.807, 2.05) is 0 Å². The normalized spacial score (nSPS) is 15.7. The van der Waals surface area contributed by atoms with Gasteiger partial charge in [0.25, 0.3) is 0 Å². The zero-order chi connectivity index (χ0) is 24.7. The van der Waals surface area contributed by atoms with E-state index >= 15 is 0 Å². The number of aromatic nitrogens is 2. The van der Waals surface area contributed by atoms with Crippen LogP contribution in [0.2, 0.25) is 0 Å². The number of nitrogens with zero attached hydrogens (tertiary/aromatic N) is 3. The van der Waals surface area contributed by atoms with Crippen LogP contribution in [0, 0.1) is 17.5 Å². The Morgan fingerprint density at radius 1 is 1.18 bits per heavy atom. The highest BCUT2D eigenvalue weighted by molar-refractivity contribution is 5.94. The highest BCUT2D eigenvalue weighted by Crippen LogP contribution is 2.28. The second-order valence-electron chi connectivity index (χ2n) is 7.74. The monoisotopic (exact) mass is 476 g/mol. The number of carbonyl (C=O) groups excluding carboxylic acids is 1. The Balaban J connectivity index is 2.02. The van der Waals surface area contributed by atoms with Crippen molar-refractivity contribution in [1.29, 1.82) is 0 Å². The van der Waals surface area contributed by atoms with Crippen LogP contribution in [0.1, 0.15) is 16.8 Å². The lowest BCUT2D eigenvalue weighted by molar-refractivity contribution is -0.114. The first-order valence-electron chi connectivity index (χ1n) is 10.1. The van der Waals surface area contributed by atoms with Crippen molar-refractivity contribution in [2.24, 2.45) is 11.5 Å². The Bertz CT molecular complexity index is 1390. The van der Waals surface area contributed by atoms with E-state index < -0.39 is 63.6 Å². The first kappa shape index (κ1) is 23.2. The fourth-order valence-electron chi connectivity index (χ4n) is 3.77. The fourth-order valence-corrected chi connectivity index (χ4v) is 3.77. The lowest BCUT2D eigenvalue weighted by Gasteiger charge is -2.20. The Kier molecular flexibility index (Phi) is 5.98. The minimum atomic E-state index is -1.64. The molecule has 178 valence electrons. The summed E-state index contributed by atoms with van der Waals surface area (Å²) in [5, 5.41) is 11.2. The summed E-state index contributed by atoms with van der Waals surface area (Å²) >= 11 is 0. The summed E-state index contributed by atoms with van der Waals surface area (Å²) in [5.74, 6) is -5.72. The Morgan fingerprint density at radius 3 is 2.53 bits per heavy atom. The predicted octanol–water partition coefficient (Wildman–Crippen LogP) is 0.936. The molecule has 1 fully saturated rings. The lowest BCUT2D eigenvalue weighted by Crippen LogP contribution is -2.28. The number of anilines is 2. The van der Waals surface area contributed by atoms with E-state index in [2.05, 4.69) is 10.3 Å². The number of nitrogens with one attached hydrogen (secondary N) is 1.